The van der Waals surface area contributed by atoms with Gasteiger partial charge in [0.25, 0.3) is 0 Å². The van der Waals surface area contributed by atoms with E-state index < -0.39 is 0 Å². The predicted octanol–water partition coefficient (Wildman–Crippen LogP) is 1.62. The highest BCUT2D eigenvalue weighted by Crippen LogP contribution is 1.89. The van der Waals surface area contributed by atoms with Gasteiger partial charge < -0.3 is 20.1 Å². The molecule has 0 heterocycles. The zero-order valence-electron chi connectivity index (χ0n) is 12.0. The summed E-state index contributed by atoms with van der Waals surface area (Å²) in [6, 6.07) is 0. The Morgan fingerprint density at radius 1 is 1.11 bits per heavy atom. The van der Waals surface area contributed by atoms with Gasteiger partial charge in [-0.2, -0.15) is 0 Å². The van der Waals surface area contributed by atoms with E-state index in [9.17, 15) is 0 Å². The van der Waals surface area contributed by atoms with Gasteiger partial charge >= 0.3 is 0 Å². The molecule has 0 aliphatic rings. The summed E-state index contributed by atoms with van der Waals surface area (Å²) < 4.78 is 10.4. The van der Waals surface area contributed by atoms with Crippen LogP contribution in [0.4, 0.5) is 0 Å². The van der Waals surface area contributed by atoms with Crippen LogP contribution in [0.3, 0.4) is 0 Å². The van der Waals surface area contributed by atoms with E-state index in [4.69, 9.17) is 9.47 Å². The van der Waals surface area contributed by atoms with Gasteiger partial charge in [-0.1, -0.05) is 0 Å². The maximum atomic E-state index is 5.45. The Hall–Kier alpha value is -0.0800. The van der Waals surface area contributed by atoms with Crippen LogP contribution in [0.15, 0.2) is 4.99 Å². The summed E-state index contributed by atoms with van der Waals surface area (Å²) in [5.41, 5.74) is 0. The number of methoxy groups -OCH3 is 1. The van der Waals surface area contributed by atoms with Gasteiger partial charge in [0.1, 0.15) is 0 Å². The van der Waals surface area contributed by atoms with Crippen LogP contribution in [0.5, 0.6) is 0 Å². The smallest absolute Gasteiger partial charge is 0.190 e. The number of halogens is 1. The number of rotatable bonds is 9. The van der Waals surface area contributed by atoms with E-state index in [1.165, 1.54) is 0 Å². The fourth-order valence-corrected chi connectivity index (χ4v) is 1.24. The van der Waals surface area contributed by atoms with Crippen molar-refractivity contribution in [3.63, 3.8) is 0 Å². The lowest BCUT2D eigenvalue weighted by Gasteiger charge is -2.12. The van der Waals surface area contributed by atoms with Crippen molar-refractivity contribution < 1.29 is 9.47 Å². The molecule has 0 aromatic carbocycles. The van der Waals surface area contributed by atoms with Gasteiger partial charge in [-0.25, -0.2) is 0 Å². The maximum absolute atomic E-state index is 5.45. The molecule has 0 radical (unpaired) electrons. The first-order valence-corrected chi connectivity index (χ1v) is 6.25. The lowest BCUT2D eigenvalue weighted by atomic mass is 10.4. The van der Waals surface area contributed by atoms with E-state index in [1.54, 1.807) is 14.2 Å². The number of hydrogen-bond donors (Lipinski definition) is 2. The van der Waals surface area contributed by atoms with Crippen molar-refractivity contribution in [3.8, 4) is 0 Å². The molecule has 2 N–H and O–H groups in total. The van der Waals surface area contributed by atoms with Crippen LogP contribution < -0.4 is 10.6 Å². The Morgan fingerprint density at radius 3 is 2.11 bits per heavy atom. The van der Waals surface area contributed by atoms with Crippen LogP contribution in [-0.4, -0.2) is 52.5 Å². The van der Waals surface area contributed by atoms with Crippen LogP contribution in [0.25, 0.3) is 0 Å². The largest absolute Gasteiger partial charge is 0.385 e. The van der Waals surface area contributed by atoms with Crippen LogP contribution in [0.1, 0.15) is 26.7 Å². The molecule has 6 heteroatoms. The Balaban J connectivity index is 0. The number of aliphatic imine (C=N–C) groups is 1. The van der Waals surface area contributed by atoms with Crippen molar-refractivity contribution in [2.75, 3.05) is 40.5 Å². The Labute approximate surface area is 128 Å². The monoisotopic (exact) mass is 373 g/mol. The highest BCUT2D eigenvalue weighted by Gasteiger charge is 1.97. The number of nitrogens with zero attached hydrogens (tertiary/aromatic N) is 1. The molecular formula is C12H28IN3O2. The lowest BCUT2D eigenvalue weighted by molar-refractivity contribution is 0.0776. The summed E-state index contributed by atoms with van der Waals surface area (Å²) in [6.07, 6.45) is 2.27. The molecule has 0 rings (SSSR count). The first-order chi connectivity index (χ1) is 8.20. The van der Waals surface area contributed by atoms with Gasteiger partial charge in [-0.05, 0) is 26.7 Å². The molecule has 0 aromatic rings. The van der Waals surface area contributed by atoms with E-state index in [1.807, 2.05) is 13.8 Å². The minimum Gasteiger partial charge on any atom is -0.385 e. The van der Waals surface area contributed by atoms with Crippen LogP contribution in [0.2, 0.25) is 0 Å². The third kappa shape index (κ3) is 14.0. The Kier molecular flexibility index (Phi) is 16.8. The standard InChI is InChI=1S/C12H27N3O2.HI/c1-11(2)17-10-6-8-15-12(13-3)14-7-5-9-16-4;/h11H,5-10H2,1-4H3,(H2,13,14,15);1H. The van der Waals surface area contributed by atoms with E-state index >= 15 is 0 Å². The molecule has 18 heavy (non-hydrogen) atoms. The number of ether oxygens (including phenoxy) is 2. The molecule has 0 unspecified atom stereocenters. The van der Waals surface area contributed by atoms with Crippen molar-refractivity contribution in [1.82, 2.24) is 10.6 Å². The SMILES string of the molecule is CN=C(NCCCOC)NCCCOC(C)C.I. The third-order valence-electron chi connectivity index (χ3n) is 2.11. The molecule has 0 aliphatic carbocycles. The average Bonchev–Trinajstić information content (AvgIpc) is 2.31. The number of guanidine groups is 1. The highest BCUT2D eigenvalue weighted by molar-refractivity contribution is 14.0. The number of nitrogens with one attached hydrogen (secondary N) is 2. The van der Waals surface area contributed by atoms with Crippen molar-refractivity contribution in [1.29, 1.82) is 0 Å². The summed E-state index contributed by atoms with van der Waals surface area (Å²) >= 11 is 0. The van der Waals surface area contributed by atoms with Crippen LogP contribution in [-0.2, 0) is 9.47 Å². The maximum Gasteiger partial charge on any atom is 0.190 e. The van der Waals surface area contributed by atoms with Crippen molar-refractivity contribution >= 4 is 29.9 Å². The molecule has 0 saturated heterocycles. The first kappa shape index (κ1) is 20.2. The summed E-state index contributed by atoms with van der Waals surface area (Å²) in [5, 5.41) is 6.46. The van der Waals surface area contributed by atoms with Crippen molar-refractivity contribution in [2.45, 2.75) is 32.8 Å². The highest BCUT2D eigenvalue weighted by atomic mass is 127. The van der Waals surface area contributed by atoms with Gasteiger partial charge in [0.15, 0.2) is 5.96 Å². The first-order valence-electron chi connectivity index (χ1n) is 6.25. The van der Waals surface area contributed by atoms with Gasteiger partial charge in [-0.15, -0.1) is 24.0 Å². The summed E-state index contributed by atoms with van der Waals surface area (Å²) in [4.78, 5) is 4.13. The molecule has 0 fully saturated rings. The lowest BCUT2D eigenvalue weighted by Crippen LogP contribution is -2.38. The predicted molar refractivity (Wildman–Crippen MR) is 87.0 cm³/mol. The van der Waals surface area contributed by atoms with Gasteiger partial charge in [0.2, 0.25) is 0 Å². The molecule has 110 valence electrons. The fraction of sp³-hybridized carbons (Fsp3) is 0.917. The van der Waals surface area contributed by atoms with Gasteiger partial charge in [0, 0.05) is 40.5 Å². The Morgan fingerprint density at radius 2 is 1.67 bits per heavy atom. The van der Waals surface area contributed by atoms with Crippen LogP contribution >= 0.6 is 24.0 Å². The zero-order valence-corrected chi connectivity index (χ0v) is 14.3. The van der Waals surface area contributed by atoms with E-state index in [0.717, 1.165) is 45.1 Å². The van der Waals surface area contributed by atoms with E-state index in [-0.39, 0.29) is 24.0 Å². The second-order valence-corrected chi connectivity index (χ2v) is 4.05. The summed E-state index contributed by atoms with van der Waals surface area (Å²) in [6.45, 7) is 7.39. The van der Waals surface area contributed by atoms with Crippen molar-refractivity contribution in [2.24, 2.45) is 4.99 Å². The Bertz CT molecular complexity index is 202. The minimum absolute atomic E-state index is 0. The van der Waals surface area contributed by atoms with Gasteiger partial charge in [-0.3, -0.25) is 4.99 Å². The van der Waals surface area contributed by atoms with Crippen molar-refractivity contribution in [3.05, 3.63) is 0 Å². The molecule has 5 nitrogen and oxygen atoms in total. The second-order valence-electron chi connectivity index (χ2n) is 4.05. The van der Waals surface area contributed by atoms with Gasteiger partial charge in [0.05, 0.1) is 6.10 Å². The van der Waals surface area contributed by atoms with E-state index in [2.05, 4.69) is 15.6 Å². The quantitative estimate of drug-likeness (QED) is 0.279. The molecular weight excluding hydrogens is 345 g/mol. The van der Waals surface area contributed by atoms with Crippen LogP contribution in [0, 0.1) is 0 Å². The fourth-order valence-electron chi connectivity index (χ4n) is 1.24. The molecule has 0 spiro atoms. The third-order valence-corrected chi connectivity index (χ3v) is 2.11. The summed E-state index contributed by atoms with van der Waals surface area (Å²) in [5.74, 6) is 0.839. The zero-order chi connectivity index (χ0) is 12.9. The normalized spacial score (nSPS) is 11.3. The molecule has 0 saturated carbocycles. The number of hydrogen-bond acceptors (Lipinski definition) is 3. The molecule has 0 aliphatic heterocycles. The van der Waals surface area contributed by atoms with E-state index in [0.29, 0.717) is 6.10 Å². The molecule has 0 aromatic heterocycles. The average molecular weight is 373 g/mol. The second kappa shape index (κ2) is 15.0. The minimum atomic E-state index is 0. The summed E-state index contributed by atoms with van der Waals surface area (Å²) in [7, 11) is 3.48. The molecule has 0 atom stereocenters. The molecule has 0 bridgehead atoms. The molecule has 0 amide bonds. The topological polar surface area (TPSA) is 54.9 Å².